The smallest absolute Gasteiger partial charge is 0.236 e. The van der Waals surface area contributed by atoms with Crippen LogP contribution in [0.5, 0.6) is 0 Å². The average Bonchev–Trinajstić information content (AvgIpc) is 3.44. The Labute approximate surface area is 215 Å². The van der Waals surface area contributed by atoms with Crippen LogP contribution in [0.25, 0.3) is 22.2 Å². The van der Waals surface area contributed by atoms with Gasteiger partial charge in [0.25, 0.3) is 0 Å². The molecule has 9 nitrogen and oxygen atoms in total. The zero-order valence-electron chi connectivity index (χ0n) is 20.8. The molecule has 188 valence electrons. The van der Waals surface area contributed by atoms with Crippen LogP contribution in [0.3, 0.4) is 0 Å². The van der Waals surface area contributed by atoms with Gasteiger partial charge in [-0.1, -0.05) is 29.8 Å². The van der Waals surface area contributed by atoms with Gasteiger partial charge in [0.1, 0.15) is 0 Å². The van der Waals surface area contributed by atoms with Crippen LogP contribution in [0.4, 0.5) is 5.95 Å². The molecule has 0 saturated carbocycles. The first-order chi connectivity index (χ1) is 17.4. The van der Waals surface area contributed by atoms with Gasteiger partial charge in [-0.25, -0.2) is 9.97 Å². The van der Waals surface area contributed by atoms with Crippen molar-refractivity contribution in [3.63, 3.8) is 0 Å². The van der Waals surface area contributed by atoms with Crippen molar-refractivity contribution in [2.75, 3.05) is 32.0 Å². The number of nitrogens with one attached hydrogen (secondary N) is 3. The van der Waals surface area contributed by atoms with Crippen molar-refractivity contribution in [1.82, 2.24) is 34.9 Å². The van der Waals surface area contributed by atoms with Crippen molar-refractivity contribution in [2.45, 2.75) is 39.3 Å². The van der Waals surface area contributed by atoms with E-state index in [-0.39, 0.29) is 11.9 Å². The fourth-order valence-electron chi connectivity index (χ4n) is 4.81. The lowest BCUT2D eigenvalue weighted by Gasteiger charge is -2.33. The molecule has 4 heterocycles. The van der Waals surface area contributed by atoms with Gasteiger partial charge in [0.2, 0.25) is 11.9 Å². The topological polar surface area (TPSA) is 106 Å². The summed E-state index contributed by atoms with van der Waals surface area (Å²) in [6, 6.07) is 8.27. The monoisotopic (exact) mass is 506 g/mol. The van der Waals surface area contributed by atoms with Crippen LogP contribution in [0.1, 0.15) is 29.8 Å². The average molecular weight is 507 g/mol. The van der Waals surface area contributed by atoms with E-state index < -0.39 is 0 Å². The Morgan fingerprint density at radius 2 is 2.03 bits per heavy atom. The maximum Gasteiger partial charge on any atom is 0.236 e. The highest BCUT2D eigenvalue weighted by Crippen LogP contribution is 2.32. The van der Waals surface area contributed by atoms with E-state index in [1.54, 1.807) is 6.20 Å². The number of para-hydroxylation sites is 1. The number of halogens is 1. The molecule has 3 N–H and O–H groups in total. The van der Waals surface area contributed by atoms with Gasteiger partial charge in [-0.15, -0.1) is 0 Å². The van der Waals surface area contributed by atoms with Gasteiger partial charge in [-0.3, -0.25) is 14.8 Å². The number of carbonyl (C=O) groups excluding carboxylic acids is 1. The van der Waals surface area contributed by atoms with E-state index in [9.17, 15) is 4.79 Å². The van der Waals surface area contributed by atoms with E-state index in [0.717, 1.165) is 46.3 Å². The highest BCUT2D eigenvalue weighted by Gasteiger charge is 2.25. The Kier molecular flexibility index (Phi) is 6.93. The number of fused-ring (bicyclic) bond motifs is 1. The van der Waals surface area contributed by atoms with Gasteiger partial charge in [-0.05, 0) is 39.8 Å². The highest BCUT2D eigenvalue weighted by atomic mass is 35.5. The van der Waals surface area contributed by atoms with Crippen molar-refractivity contribution >= 4 is 34.4 Å². The first-order valence-electron chi connectivity index (χ1n) is 12.2. The molecule has 36 heavy (non-hydrogen) atoms. The molecule has 0 radical (unpaired) electrons. The zero-order chi connectivity index (χ0) is 25.2. The lowest BCUT2D eigenvalue weighted by atomic mass is 10.1. The maximum atomic E-state index is 12.9. The van der Waals surface area contributed by atoms with Gasteiger partial charge >= 0.3 is 0 Å². The predicted octanol–water partition coefficient (Wildman–Crippen LogP) is 4.15. The minimum Gasteiger partial charge on any atom is -0.360 e. The van der Waals surface area contributed by atoms with Crippen LogP contribution in [0, 0.1) is 13.8 Å². The summed E-state index contributed by atoms with van der Waals surface area (Å²) >= 11 is 6.47. The number of amides is 1. The van der Waals surface area contributed by atoms with Gasteiger partial charge < -0.3 is 15.2 Å². The first-order valence-corrected chi connectivity index (χ1v) is 12.6. The molecular weight excluding hydrogens is 476 g/mol. The van der Waals surface area contributed by atoms with Crippen molar-refractivity contribution in [2.24, 2.45) is 0 Å². The summed E-state index contributed by atoms with van der Waals surface area (Å²) in [5, 5.41) is 12.3. The fraction of sp³-hybridized carbons (Fsp3) is 0.385. The molecule has 1 aliphatic heterocycles. The van der Waals surface area contributed by atoms with Crippen molar-refractivity contribution in [3.05, 3.63) is 58.6 Å². The number of likely N-dealkylation sites (tertiary alicyclic amines) is 1. The van der Waals surface area contributed by atoms with Crippen LogP contribution in [0.15, 0.2) is 36.7 Å². The summed E-state index contributed by atoms with van der Waals surface area (Å²) in [6.45, 7) is 6.49. The van der Waals surface area contributed by atoms with Gasteiger partial charge in [0, 0.05) is 59.6 Å². The SMILES string of the molecule is Cc1n[nH]c(C)c1CN(C)CC(=O)N1CCC(Nc2ncc(Cl)c(-c3c[nH]c4ccccc34)n2)CC1. The molecule has 0 bridgehead atoms. The number of H-pyrrole nitrogens is 2. The second kappa shape index (κ2) is 10.3. The number of carbonyl (C=O) groups is 1. The van der Waals surface area contributed by atoms with E-state index in [0.29, 0.717) is 42.8 Å². The predicted molar refractivity (Wildman–Crippen MR) is 142 cm³/mol. The van der Waals surface area contributed by atoms with Gasteiger partial charge in [-0.2, -0.15) is 5.10 Å². The number of aromatic amines is 2. The maximum absolute atomic E-state index is 12.9. The number of anilines is 1. The highest BCUT2D eigenvalue weighted by molar-refractivity contribution is 6.33. The summed E-state index contributed by atoms with van der Waals surface area (Å²) in [4.78, 5) is 29.3. The lowest BCUT2D eigenvalue weighted by molar-refractivity contribution is -0.133. The number of rotatable bonds is 7. The number of nitrogens with zero attached hydrogens (tertiary/aromatic N) is 5. The Balaban J connectivity index is 1.17. The Bertz CT molecular complexity index is 1350. The molecule has 5 rings (SSSR count). The molecule has 1 amide bonds. The van der Waals surface area contributed by atoms with E-state index in [2.05, 4.69) is 25.5 Å². The second-order valence-corrected chi connectivity index (χ2v) is 9.93. The number of aryl methyl sites for hydroxylation is 2. The number of likely N-dealkylation sites (N-methyl/N-ethyl adjacent to an activating group) is 1. The van der Waals surface area contributed by atoms with Crippen LogP contribution >= 0.6 is 11.6 Å². The molecule has 0 atom stereocenters. The molecule has 4 aromatic rings. The van der Waals surface area contributed by atoms with E-state index in [4.69, 9.17) is 16.6 Å². The molecule has 1 aliphatic rings. The largest absolute Gasteiger partial charge is 0.360 e. The molecule has 1 fully saturated rings. The number of piperidine rings is 1. The first kappa shape index (κ1) is 24.3. The lowest BCUT2D eigenvalue weighted by Crippen LogP contribution is -2.45. The van der Waals surface area contributed by atoms with Crippen molar-refractivity contribution in [1.29, 1.82) is 0 Å². The van der Waals surface area contributed by atoms with Crippen LogP contribution in [-0.2, 0) is 11.3 Å². The standard InChI is InChI=1S/C26H31ClN8O/c1-16-21(17(2)33-32-16)14-34(3)15-24(36)35-10-8-18(9-11-35)30-26-29-13-22(27)25(31-26)20-12-28-23-7-5-4-6-19(20)23/h4-7,12-13,18,28H,8-11,14-15H2,1-3H3,(H,32,33)(H,29,30,31). The van der Waals surface area contributed by atoms with Crippen molar-refractivity contribution in [3.8, 4) is 11.3 Å². The molecule has 0 spiro atoms. The molecular formula is C26H31ClN8O. The van der Waals surface area contributed by atoms with Gasteiger partial charge in [0.05, 0.1) is 29.2 Å². The third-order valence-electron chi connectivity index (χ3n) is 6.88. The quantitative estimate of drug-likeness (QED) is 0.347. The summed E-state index contributed by atoms with van der Waals surface area (Å²) in [7, 11) is 1.97. The number of hydrogen-bond donors (Lipinski definition) is 3. The minimum atomic E-state index is 0.152. The third-order valence-corrected chi connectivity index (χ3v) is 7.16. The Morgan fingerprint density at radius 3 is 2.78 bits per heavy atom. The normalized spacial score (nSPS) is 14.6. The summed E-state index contributed by atoms with van der Waals surface area (Å²) in [5.74, 6) is 0.703. The zero-order valence-corrected chi connectivity index (χ0v) is 21.6. The van der Waals surface area contributed by atoms with Crippen LogP contribution in [-0.4, -0.2) is 73.6 Å². The fourth-order valence-corrected chi connectivity index (χ4v) is 5.01. The number of hydrogen-bond acceptors (Lipinski definition) is 6. The van der Waals surface area contributed by atoms with Gasteiger partial charge in [0.15, 0.2) is 0 Å². The van der Waals surface area contributed by atoms with E-state index in [1.165, 1.54) is 0 Å². The van der Waals surface area contributed by atoms with Crippen LogP contribution in [0.2, 0.25) is 5.02 Å². The Morgan fingerprint density at radius 1 is 1.25 bits per heavy atom. The molecule has 3 aromatic heterocycles. The molecule has 0 aliphatic carbocycles. The summed E-state index contributed by atoms with van der Waals surface area (Å²) in [5.41, 5.74) is 5.88. The number of benzene rings is 1. The van der Waals surface area contributed by atoms with Crippen LogP contribution < -0.4 is 5.32 Å². The molecule has 1 saturated heterocycles. The van der Waals surface area contributed by atoms with E-state index in [1.807, 2.05) is 61.2 Å². The molecule has 1 aromatic carbocycles. The number of aromatic nitrogens is 5. The van der Waals surface area contributed by atoms with Crippen molar-refractivity contribution < 1.29 is 4.79 Å². The second-order valence-electron chi connectivity index (χ2n) is 9.52. The molecule has 10 heteroatoms. The minimum absolute atomic E-state index is 0.152. The molecule has 0 unspecified atom stereocenters. The Hall–Kier alpha value is -3.43. The third kappa shape index (κ3) is 5.08. The summed E-state index contributed by atoms with van der Waals surface area (Å²) in [6.07, 6.45) is 5.25. The van der Waals surface area contributed by atoms with E-state index >= 15 is 0 Å². The summed E-state index contributed by atoms with van der Waals surface area (Å²) < 4.78 is 0.